The molecule has 1 aliphatic carbocycles. The molecule has 0 amide bonds. The number of fused-ring (bicyclic) bond motifs is 5. The van der Waals surface area contributed by atoms with E-state index in [9.17, 15) is 9.59 Å². The van der Waals surface area contributed by atoms with Gasteiger partial charge in [-0.05, 0) is 11.6 Å². The second kappa shape index (κ2) is 3.42. The van der Waals surface area contributed by atoms with Gasteiger partial charge < -0.3 is 4.98 Å². The number of hydrogen-bond acceptors (Lipinski definition) is 2. The maximum atomic E-state index is 12.2. The van der Waals surface area contributed by atoms with Crippen LogP contribution in [-0.4, -0.2) is 16.6 Å². The molecule has 4 rings (SSSR count). The SMILES string of the molecule is O=C1C(=O)c2[nH]c3ccccc3c2-c2ccccc21. The minimum absolute atomic E-state index is 0.407. The zero-order chi connectivity index (χ0) is 13.0. The van der Waals surface area contributed by atoms with E-state index in [2.05, 4.69) is 4.98 Å². The minimum Gasteiger partial charge on any atom is -0.351 e. The zero-order valence-electron chi connectivity index (χ0n) is 9.94. The van der Waals surface area contributed by atoms with Crippen LogP contribution in [0.2, 0.25) is 0 Å². The van der Waals surface area contributed by atoms with Crippen molar-refractivity contribution in [1.29, 1.82) is 0 Å². The number of Topliss-reactive ketones (excluding diaryl/α,β-unsaturated/α-hetero) is 2. The van der Waals surface area contributed by atoms with Crippen molar-refractivity contribution in [3.8, 4) is 11.1 Å². The maximum Gasteiger partial charge on any atom is 0.250 e. The van der Waals surface area contributed by atoms with Crippen molar-refractivity contribution in [2.75, 3.05) is 0 Å². The number of H-pyrrole nitrogens is 1. The van der Waals surface area contributed by atoms with E-state index >= 15 is 0 Å². The molecule has 3 aromatic rings. The number of benzene rings is 2. The Balaban J connectivity index is 2.22. The molecule has 0 atom stereocenters. The van der Waals surface area contributed by atoms with Crippen LogP contribution in [-0.2, 0) is 0 Å². The molecule has 0 aliphatic heterocycles. The molecule has 1 heterocycles. The number of carbonyl (C=O) groups is 2. The highest BCUT2D eigenvalue weighted by Crippen LogP contribution is 2.38. The van der Waals surface area contributed by atoms with E-state index in [0.717, 1.165) is 22.0 Å². The number of hydrogen-bond donors (Lipinski definition) is 1. The molecule has 0 saturated carbocycles. The summed E-state index contributed by atoms with van der Waals surface area (Å²) in [6, 6.07) is 15.0. The third kappa shape index (κ3) is 1.21. The predicted molar refractivity (Wildman–Crippen MR) is 72.4 cm³/mol. The lowest BCUT2D eigenvalue weighted by Crippen LogP contribution is -2.20. The van der Waals surface area contributed by atoms with Crippen molar-refractivity contribution in [3.05, 3.63) is 59.8 Å². The van der Waals surface area contributed by atoms with Gasteiger partial charge in [-0.3, -0.25) is 9.59 Å². The lowest BCUT2D eigenvalue weighted by molar-refractivity contribution is 0.0813. The molecule has 3 nitrogen and oxygen atoms in total. The number of carbonyl (C=O) groups excluding carboxylic acids is 2. The van der Waals surface area contributed by atoms with Crippen LogP contribution < -0.4 is 0 Å². The fourth-order valence-electron chi connectivity index (χ4n) is 2.73. The number of aromatic amines is 1. The average Bonchev–Trinajstić information content (AvgIpc) is 2.84. The van der Waals surface area contributed by atoms with Gasteiger partial charge in [0, 0.05) is 22.0 Å². The molecule has 1 aromatic heterocycles. The highest BCUT2D eigenvalue weighted by atomic mass is 16.2. The number of rotatable bonds is 0. The van der Waals surface area contributed by atoms with Crippen LogP contribution in [0, 0.1) is 0 Å². The Bertz CT molecular complexity index is 858. The van der Waals surface area contributed by atoms with Crippen molar-refractivity contribution in [2.24, 2.45) is 0 Å². The van der Waals surface area contributed by atoms with Crippen LogP contribution in [0.4, 0.5) is 0 Å². The molecule has 0 spiro atoms. The van der Waals surface area contributed by atoms with Crippen LogP contribution in [0.1, 0.15) is 20.8 Å². The Morgan fingerprint density at radius 2 is 1.42 bits per heavy atom. The van der Waals surface area contributed by atoms with Gasteiger partial charge in [0.2, 0.25) is 11.6 Å². The fourth-order valence-corrected chi connectivity index (χ4v) is 2.73. The normalized spacial score (nSPS) is 13.5. The second-order valence-corrected chi connectivity index (χ2v) is 4.62. The summed E-state index contributed by atoms with van der Waals surface area (Å²) in [5.74, 6) is -0.889. The quantitative estimate of drug-likeness (QED) is 0.620. The first-order valence-corrected chi connectivity index (χ1v) is 6.06. The molecule has 0 fully saturated rings. The molecule has 2 aromatic carbocycles. The molecule has 90 valence electrons. The highest BCUT2D eigenvalue weighted by molar-refractivity contribution is 6.53. The molecule has 1 N–H and O–H groups in total. The Morgan fingerprint density at radius 3 is 2.26 bits per heavy atom. The summed E-state index contributed by atoms with van der Waals surface area (Å²) >= 11 is 0. The number of nitrogens with one attached hydrogen (secondary N) is 1. The number of aromatic nitrogens is 1. The van der Waals surface area contributed by atoms with Gasteiger partial charge in [-0.2, -0.15) is 0 Å². The summed E-state index contributed by atoms with van der Waals surface area (Å²) in [6.45, 7) is 0. The van der Waals surface area contributed by atoms with Crippen LogP contribution >= 0.6 is 0 Å². The summed E-state index contributed by atoms with van der Waals surface area (Å²) < 4.78 is 0. The van der Waals surface area contributed by atoms with Gasteiger partial charge in [-0.15, -0.1) is 0 Å². The average molecular weight is 247 g/mol. The Hall–Kier alpha value is -2.68. The first kappa shape index (κ1) is 10.3. The van der Waals surface area contributed by atoms with E-state index in [0.29, 0.717) is 11.3 Å². The van der Waals surface area contributed by atoms with E-state index < -0.39 is 11.6 Å². The molecule has 1 aliphatic rings. The van der Waals surface area contributed by atoms with E-state index in [-0.39, 0.29) is 0 Å². The first-order valence-electron chi connectivity index (χ1n) is 6.06. The molecule has 0 radical (unpaired) electrons. The number of ketones is 2. The van der Waals surface area contributed by atoms with Gasteiger partial charge in [-0.25, -0.2) is 0 Å². The first-order chi connectivity index (χ1) is 9.27. The van der Waals surface area contributed by atoms with E-state index in [1.165, 1.54) is 0 Å². The Labute approximate surface area is 108 Å². The molecule has 0 saturated heterocycles. The van der Waals surface area contributed by atoms with Crippen molar-refractivity contribution >= 4 is 22.5 Å². The molecule has 0 unspecified atom stereocenters. The van der Waals surface area contributed by atoms with Gasteiger partial charge >= 0.3 is 0 Å². The highest BCUT2D eigenvalue weighted by Gasteiger charge is 2.32. The van der Waals surface area contributed by atoms with Crippen LogP contribution in [0.25, 0.3) is 22.0 Å². The molecular formula is C16H9NO2. The zero-order valence-corrected chi connectivity index (χ0v) is 9.94. The van der Waals surface area contributed by atoms with Gasteiger partial charge in [0.15, 0.2) is 0 Å². The third-order valence-electron chi connectivity index (χ3n) is 3.58. The smallest absolute Gasteiger partial charge is 0.250 e. The maximum absolute atomic E-state index is 12.2. The monoisotopic (exact) mass is 247 g/mol. The van der Waals surface area contributed by atoms with E-state index in [4.69, 9.17) is 0 Å². The van der Waals surface area contributed by atoms with E-state index in [1.807, 2.05) is 36.4 Å². The van der Waals surface area contributed by atoms with Crippen LogP contribution in [0.3, 0.4) is 0 Å². The predicted octanol–water partition coefficient (Wildman–Crippen LogP) is 3.21. The van der Waals surface area contributed by atoms with Crippen molar-refractivity contribution in [3.63, 3.8) is 0 Å². The summed E-state index contributed by atoms with van der Waals surface area (Å²) in [5.41, 5.74) is 3.45. The third-order valence-corrected chi connectivity index (χ3v) is 3.58. The van der Waals surface area contributed by atoms with Crippen molar-refractivity contribution < 1.29 is 9.59 Å². The topological polar surface area (TPSA) is 49.9 Å². The van der Waals surface area contributed by atoms with E-state index in [1.54, 1.807) is 12.1 Å². The van der Waals surface area contributed by atoms with Crippen LogP contribution in [0.5, 0.6) is 0 Å². The van der Waals surface area contributed by atoms with Crippen molar-refractivity contribution in [1.82, 2.24) is 4.98 Å². The molecule has 0 bridgehead atoms. The summed E-state index contributed by atoms with van der Waals surface area (Å²) in [6.07, 6.45) is 0. The Morgan fingerprint density at radius 1 is 0.737 bits per heavy atom. The summed E-state index contributed by atoms with van der Waals surface area (Å²) in [4.78, 5) is 27.3. The van der Waals surface area contributed by atoms with Gasteiger partial charge in [0.1, 0.15) is 0 Å². The summed E-state index contributed by atoms with van der Waals surface area (Å²) in [5, 5.41) is 0.978. The van der Waals surface area contributed by atoms with Gasteiger partial charge in [0.05, 0.1) is 5.69 Å². The van der Waals surface area contributed by atoms with Crippen LogP contribution in [0.15, 0.2) is 48.5 Å². The molecule has 19 heavy (non-hydrogen) atoms. The largest absolute Gasteiger partial charge is 0.351 e. The Kier molecular flexibility index (Phi) is 1.85. The second-order valence-electron chi connectivity index (χ2n) is 4.62. The minimum atomic E-state index is -0.454. The van der Waals surface area contributed by atoms with Gasteiger partial charge in [0.25, 0.3) is 0 Å². The number of para-hydroxylation sites is 1. The van der Waals surface area contributed by atoms with Crippen molar-refractivity contribution in [2.45, 2.75) is 0 Å². The molecular weight excluding hydrogens is 238 g/mol. The lowest BCUT2D eigenvalue weighted by Gasteiger charge is -2.14. The lowest BCUT2D eigenvalue weighted by atomic mass is 9.87. The van der Waals surface area contributed by atoms with Gasteiger partial charge in [-0.1, -0.05) is 42.5 Å². The fraction of sp³-hybridized carbons (Fsp3) is 0. The summed E-state index contributed by atoms with van der Waals surface area (Å²) in [7, 11) is 0. The standard InChI is InChI=1S/C16H9NO2/c18-15-10-6-2-1-5-9(10)13-11-7-3-4-8-12(11)17-14(13)16(15)19/h1-8,17H. The molecule has 3 heteroatoms.